The molecule has 0 spiro atoms. The van der Waals surface area contributed by atoms with E-state index in [1.54, 1.807) is 19.2 Å². The van der Waals surface area contributed by atoms with Crippen LogP contribution in [0.5, 0.6) is 5.75 Å². The molecular formula is C23H22N4O2. The largest absolute Gasteiger partial charge is 0.497 e. The number of rotatable bonds is 5. The summed E-state index contributed by atoms with van der Waals surface area (Å²) in [7, 11) is 1.65. The van der Waals surface area contributed by atoms with Crippen molar-refractivity contribution < 1.29 is 9.53 Å². The van der Waals surface area contributed by atoms with Crippen LogP contribution in [-0.4, -0.2) is 28.0 Å². The van der Waals surface area contributed by atoms with Crippen molar-refractivity contribution in [2.75, 3.05) is 12.4 Å². The Kier molecular flexibility index (Phi) is 4.99. The minimum absolute atomic E-state index is 0.163. The molecule has 1 amide bonds. The summed E-state index contributed by atoms with van der Waals surface area (Å²) in [5, 5.41) is 11.5. The van der Waals surface area contributed by atoms with Gasteiger partial charge in [-0.25, -0.2) is 4.68 Å². The van der Waals surface area contributed by atoms with Crippen LogP contribution in [0.25, 0.3) is 11.0 Å². The Bertz CT molecular complexity index is 1180. The highest BCUT2D eigenvalue weighted by atomic mass is 16.5. The molecule has 0 saturated heterocycles. The molecule has 0 aliphatic rings. The third-order valence-corrected chi connectivity index (χ3v) is 4.90. The van der Waals surface area contributed by atoms with Crippen molar-refractivity contribution in [3.05, 3.63) is 82.9 Å². The molecule has 6 heteroatoms. The Morgan fingerprint density at radius 1 is 1.03 bits per heavy atom. The Labute approximate surface area is 169 Å². The SMILES string of the molecule is COc1ccc(Cn2nnc3cc(C(=O)Nc4ccc(C)cc4C)ccc32)cc1. The highest BCUT2D eigenvalue weighted by molar-refractivity contribution is 6.06. The zero-order valence-electron chi connectivity index (χ0n) is 16.6. The lowest BCUT2D eigenvalue weighted by atomic mass is 10.1. The molecule has 0 atom stereocenters. The molecular weight excluding hydrogens is 364 g/mol. The Morgan fingerprint density at radius 2 is 1.83 bits per heavy atom. The third-order valence-electron chi connectivity index (χ3n) is 4.90. The number of hydrogen-bond acceptors (Lipinski definition) is 4. The molecule has 0 aliphatic heterocycles. The molecule has 0 fully saturated rings. The van der Waals surface area contributed by atoms with Gasteiger partial charge in [0.25, 0.3) is 5.91 Å². The lowest BCUT2D eigenvalue weighted by Crippen LogP contribution is -2.12. The molecule has 0 saturated carbocycles. The van der Waals surface area contributed by atoms with Crippen LogP contribution < -0.4 is 10.1 Å². The van der Waals surface area contributed by atoms with E-state index >= 15 is 0 Å². The average molecular weight is 386 g/mol. The van der Waals surface area contributed by atoms with Gasteiger partial charge in [0.05, 0.1) is 19.2 Å². The minimum Gasteiger partial charge on any atom is -0.497 e. The number of benzene rings is 3. The number of methoxy groups -OCH3 is 1. The first-order valence-electron chi connectivity index (χ1n) is 9.38. The number of carbonyl (C=O) groups is 1. The van der Waals surface area contributed by atoms with Gasteiger partial charge in [0.1, 0.15) is 11.3 Å². The quantitative estimate of drug-likeness (QED) is 0.553. The zero-order valence-corrected chi connectivity index (χ0v) is 16.6. The summed E-state index contributed by atoms with van der Waals surface area (Å²) in [4.78, 5) is 12.7. The first-order chi connectivity index (χ1) is 14.0. The van der Waals surface area contributed by atoms with Crippen molar-refractivity contribution in [3.63, 3.8) is 0 Å². The first kappa shape index (κ1) is 18.7. The predicted octanol–water partition coefficient (Wildman–Crippen LogP) is 4.36. The summed E-state index contributed by atoms with van der Waals surface area (Å²) in [5.41, 5.74) is 6.21. The molecule has 1 heterocycles. The van der Waals surface area contributed by atoms with E-state index < -0.39 is 0 Å². The molecule has 4 rings (SSSR count). The maximum atomic E-state index is 12.7. The van der Waals surface area contributed by atoms with E-state index in [4.69, 9.17) is 4.74 Å². The van der Waals surface area contributed by atoms with Crippen LogP contribution in [0.1, 0.15) is 27.0 Å². The number of anilines is 1. The predicted molar refractivity (Wildman–Crippen MR) is 113 cm³/mol. The standard InChI is InChI=1S/C23H22N4O2/c1-15-4-10-20(16(2)12-15)24-23(28)18-7-11-22-21(13-18)25-26-27(22)14-17-5-8-19(29-3)9-6-17/h4-13H,14H2,1-3H3,(H,24,28). The highest BCUT2D eigenvalue weighted by Gasteiger charge is 2.12. The van der Waals surface area contributed by atoms with Crippen LogP contribution in [0, 0.1) is 13.8 Å². The van der Waals surface area contributed by atoms with Crippen molar-refractivity contribution in [1.29, 1.82) is 0 Å². The van der Waals surface area contributed by atoms with Gasteiger partial charge >= 0.3 is 0 Å². The number of fused-ring (bicyclic) bond motifs is 1. The van der Waals surface area contributed by atoms with Gasteiger partial charge in [0.2, 0.25) is 0 Å². The summed E-state index contributed by atoms with van der Waals surface area (Å²) in [6.07, 6.45) is 0. The van der Waals surface area contributed by atoms with Crippen LogP contribution in [0.4, 0.5) is 5.69 Å². The van der Waals surface area contributed by atoms with E-state index in [1.165, 1.54) is 0 Å². The van der Waals surface area contributed by atoms with Gasteiger partial charge in [-0.05, 0) is 61.4 Å². The van der Waals surface area contributed by atoms with Gasteiger partial charge in [-0.1, -0.05) is 35.0 Å². The molecule has 0 aliphatic carbocycles. The number of carbonyl (C=O) groups excluding carboxylic acids is 1. The van der Waals surface area contributed by atoms with Crippen LogP contribution in [0.3, 0.4) is 0 Å². The van der Waals surface area contributed by atoms with Gasteiger partial charge in [0, 0.05) is 11.3 Å². The maximum absolute atomic E-state index is 12.7. The van der Waals surface area contributed by atoms with Crippen LogP contribution in [0.2, 0.25) is 0 Å². The molecule has 4 aromatic rings. The van der Waals surface area contributed by atoms with Crippen molar-refractivity contribution in [1.82, 2.24) is 15.0 Å². The summed E-state index contributed by atoms with van der Waals surface area (Å²) in [6.45, 7) is 4.60. The molecule has 1 aromatic heterocycles. The highest BCUT2D eigenvalue weighted by Crippen LogP contribution is 2.20. The van der Waals surface area contributed by atoms with Crippen LogP contribution >= 0.6 is 0 Å². The molecule has 146 valence electrons. The molecule has 0 bridgehead atoms. The van der Waals surface area contributed by atoms with E-state index in [9.17, 15) is 4.79 Å². The Balaban J connectivity index is 1.54. The fourth-order valence-corrected chi connectivity index (χ4v) is 3.28. The van der Waals surface area contributed by atoms with Crippen molar-refractivity contribution in [2.45, 2.75) is 20.4 Å². The summed E-state index contributed by atoms with van der Waals surface area (Å²) < 4.78 is 7.02. The molecule has 3 aromatic carbocycles. The lowest BCUT2D eigenvalue weighted by molar-refractivity contribution is 0.102. The number of nitrogens with one attached hydrogen (secondary N) is 1. The molecule has 29 heavy (non-hydrogen) atoms. The Hall–Kier alpha value is -3.67. The third kappa shape index (κ3) is 3.96. The minimum atomic E-state index is -0.163. The van der Waals surface area contributed by atoms with E-state index in [-0.39, 0.29) is 5.91 Å². The fraction of sp³-hybridized carbons (Fsp3) is 0.174. The second-order valence-corrected chi connectivity index (χ2v) is 7.07. The number of aromatic nitrogens is 3. The molecule has 6 nitrogen and oxygen atoms in total. The monoisotopic (exact) mass is 386 g/mol. The zero-order chi connectivity index (χ0) is 20.4. The number of hydrogen-bond donors (Lipinski definition) is 1. The van der Waals surface area contributed by atoms with Gasteiger partial charge < -0.3 is 10.1 Å². The van der Waals surface area contributed by atoms with Gasteiger partial charge in [-0.15, -0.1) is 5.10 Å². The van der Waals surface area contributed by atoms with Gasteiger partial charge in [-0.3, -0.25) is 4.79 Å². The van der Waals surface area contributed by atoms with E-state index in [0.717, 1.165) is 33.6 Å². The van der Waals surface area contributed by atoms with Gasteiger partial charge in [0.15, 0.2) is 0 Å². The van der Waals surface area contributed by atoms with E-state index in [0.29, 0.717) is 17.6 Å². The first-order valence-corrected chi connectivity index (χ1v) is 9.38. The topological polar surface area (TPSA) is 69.0 Å². The van der Waals surface area contributed by atoms with Crippen LogP contribution in [-0.2, 0) is 6.54 Å². The summed E-state index contributed by atoms with van der Waals surface area (Å²) in [6, 6.07) is 19.2. The van der Waals surface area contributed by atoms with Crippen molar-refractivity contribution >= 4 is 22.6 Å². The molecule has 0 unspecified atom stereocenters. The van der Waals surface area contributed by atoms with Crippen molar-refractivity contribution in [3.8, 4) is 5.75 Å². The number of ether oxygens (including phenoxy) is 1. The Morgan fingerprint density at radius 3 is 2.55 bits per heavy atom. The second-order valence-electron chi connectivity index (χ2n) is 7.07. The number of nitrogens with zero attached hydrogens (tertiary/aromatic N) is 3. The maximum Gasteiger partial charge on any atom is 0.255 e. The molecule has 0 radical (unpaired) electrons. The number of amides is 1. The van der Waals surface area contributed by atoms with Crippen molar-refractivity contribution in [2.24, 2.45) is 0 Å². The van der Waals surface area contributed by atoms with Gasteiger partial charge in [-0.2, -0.15) is 0 Å². The fourth-order valence-electron chi connectivity index (χ4n) is 3.28. The summed E-state index contributed by atoms with van der Waals surface area (Å²) in [5.74, 6) is 0.653. The van der Waals surface area contributed by atoms with Crippen LogP contribution in [0.15, 0.2) is 60.7 Å². The smallest absolute Gasteiger partial charge is 0.255 e. The number of aryl methyl sites for hydroxylation is 2. The van der Waals surface area contributed by atoms with E-state index in [2.05, 4.69) is 15.6 Å². The summed E-state index contributed by atoms with van der Waals surface area (Å²) >= 11 is 0. The average Bonchev–Trinajstić information content (AvgIpc) is 3.12. The normalized spacial score (nSPS) is 10.9. The lowest BCUT2D eigenvalue weighted by Gasteiger charge is -2.09. The molecule has 1 N–H and O–H groups in total. The second kappa shape index (κ2) is 7.75. The van der Waals surface area contributed by atoms with E-state index in [1.807, 2.05) is 67.1 Å².